The van der Waals surface area contributed by atoms with Gasteiger partial charge in [0.2, 0.25) is 5.91 Å². The van der Waals surface area contributed by atoms with Gasteiger partial charge in [0, 0.05) is 12.6 Å². The Morgan fingerprint density at radius 1 is 1.19 bits per heavy atom. The average molecular weight is 391 g/mol. The number of urea groups is 1. The maximum atomic E-state index is 12.6. The average Bonchev–Trinajstić information content (AvgIpc) is 3.10. The highest BCUT2D eigenvalue weighted by atomic mass is 32.3. The quantitative estimate of drug-likeness (QED) is 0.166. The van der Waals surface area contributed by atoms with Gasteiger partial charge in [0.1, 0.15) is 6.04 Å². The van der Waals surface area contributed by atoms with Crippen molar-refractivity contribution in [2.75, 3.05) is 6.54 Å². The van der Waals surface area contributed by atoms with Gasteiger partial charge in [-0.1, -0.05) is 6.42 Å². The van der Waals surface area contributed by atoms with Gasteiger partial charge in [-0.05, 0) is 25.7 Å². The molecule has 0 spiro atoms. The molecule has 1 aliphatic carbocycles. The van der Waals surface area contributed by atoms with Crippen molar-refractivity contribution >= 4 is 28.2 Å². The van der Waals surface area contributed by atoms with Crippen molar-refractivity contribution in [2.24, 2.45) is 17.5 Å². The molecule has 13 heteroatoms. The standard InChI is InChI=1S/C13H21N5O7S/c14-9-3-1-2-8(9)11(19)17(15)12(20)10-5-4-7-6-16(10)13(21)18(7)25-26(22,23)24/h7-10H,1-6,14-15H2,(H,22,23,24)/t7-,8-,9-,10+/m1/s1. The first kappa shape index (κ1) is 19.0. The van der Waals surface area contributed by atoms with Crippen molar-refractivity contribution in [3.8, 4) is 0 Å². The van der Waals surface area contributed by atoms with Gasteiger partial charge in [-0.2, -0.15) is 13.5 Å². The fraction of sp³-hybridized carbons (Fsp3) is 0.769. The van der Waals surface area contributed by atoms with Gasteiger partial charge in [0.15, 0.2) is 0 Å². The van der Waals surface area contributed by atoms with E-state index < -0.39 is 46.2 Å². The van der Waals surface area contributed by atoms with Crippen LogP contribution in [0.1, 0.15) is 32.1 Å². The number of hydrogen-bond donors (Lipinski definition) is 3. The second-order valence-corrected chi connectivity index (χ2v) is 7.76. The Bertz CT molecular complexity index is 728. The van der Waals surface area contributed by atoms with Crippen LogP contribution in [0, 0.1) is 5.92 Å². The molecule has 2 bridgehead atoms. The summed E-state index contributed by atoms with van der Waals surface area (Å²) in [6, 6.07) is -2.88. The number of nitrogens with two attached hydrogens (primary N) is 2. The van der Waals surface area contributed by atoms with E-state index in [2.05, 4.69) is 4.28 Å². The minimum absolute atomic E-state index is 0.0235. The molecule has 0 unspecified atom stereocenters. The smallest absolute Gasteiger partial charge is 0.327 e. The number of imide groups is 1. The normalized spacial score (nSPS) is 31.4. The van der Waals surface area contributed by atoms with Crippen LogP contribution in [0.25, 0.3) is 0 Å². The summed E-state index contributed by atoms with van der Waals surface area (Å²) in [6.07, 6.45) is 2.43. The molecule has 3 rings (SSSR count). The van der Waals surface area contributed by atoms with Crippen LogP contribution >= 0.6 is 0 Å². The fourth-order valence-electron chi connectivity index (χ4n) is 3.83. The van der Waals surface area contributed by atoms with E-state index in [4.69, 9.17) is 16.1 Å². The number of carbonyl (C=O) groups is 3. The van der Waals surface area contributed by atoms with Gasteiger partial charge in [0.05, 0.1) is 12.0 Å². The van der Waals surface area contributed by atoms with Crippen LogP contribution in [0.3, 0.4) is 0 Å². The van der Waals surface area contributed by atoms with E-state index in [1.807, 2.05) is 0 Å². The van der Waals surface area contributed by atoms with Crippen molar-refractivity contribution in [1.82, 2.24) is 15.0 Å². The van der Waals surface area contributed by atoms with E-state index >= 15 is 0 Å². The summed E-state index contributed by atoms with van der Waals surface area (Å²) in [6.45, 7) is 0.0235. The largest absolute Gasteiger partial charge is 0.418 e. The van der Waals surface area contributed by atoms with E-state index in [0.29, 0.717) is 22.9 Å². The molecule has 2 aliphatic heterocycles. The van der Waals surface area contributed by atoms with Gasteiger partial charge < -0.3 is 10.6 Å². The second-order valence-electron chi connectivity index (χ2n) is 6.76. The van der Waals surface area contributed by atoms with Crippen molar-refractivity contribution in [1.29, 1.82) is 0 Å². The van der Waals surface area contributed by atoms with Crippen LogP contribution < -0.4 is 11.6 Å². The summed E-state index contributed by atoms with van der Waals surface area (Å²) >= 11 is 0. The Labute approximate surface area is 149 Å². The minimum Gasteiger partial charge on any atom is -0.327 e. The van der Waals surface area contributed by atoms with Gasteiger partial charge in [0.25, 0.3) is 5.91 Å². The predicted molar refractivity (Wildman–Crippen MR) is 84.7 cm³/mol. The third kappa shape index (κ3) is 3.40. The topological polar surface area (TPSA) is 177 Å². The van der Waals surface area contributed by atoms with Crippen molar-refractivity contribution in [3.05, 3.63) is 0 Å². The van der Waals surface area contributed by atoms with Gasteiger partial charge in [-0.25, -0.2) is 15.6 Å². The van der Waals surface area contributed by atoms with Crippen LogP contribution in [0.5, 0.6) is 0 Å². The number of hydroxylamine groups is 2. The molecule has 0 aromatic heterocycles. The van der Waals surface area contributed by atoms with Crippen LogP contribution in [-0.4, -0.2) is 70.5 Å². The summed E-state index contributed by atoms with van der Waals surface area (Å²) in [4.78, 5) is 38.5. The highest BCUT2D eigenvalue weighted by Crippen LogP contribution is 2.32. The Hall–Kier alpha value is -1.80. The molecule has 146 valence electrons. The summed E-state index contributed by atoms with van der Waals surface area (Å²) in [5, 5.41) is 1.04. The summed E-state index contributed by atoms with van der Waals surface area (Å²) in [5.41, 5.74) is 5.87. The molecule has 3 fully saturated rings. The lowest BCUT2D eigenvalue weighted by molar-refractivity contribution is -0.151. The summed E-state index contributed by atoms with van der Waals surface area (Å²) in [7, 11) is -4.87. The second kappa shape index (κ2) is 6.74. The first-order chi connectivity index (χ1) is 12.1. The number of nitrogens with zero attached hydrogens (tertiary/aromatic N) is 3. The van der Waals surface area contributed by atoms with Crippen LogP contribution in [0.15, 0.2) is 0 Å². The molecular weight excluding hydrogens is 370 g/mol. The SMILES string of the molecule is N[C@@H]1CCC[C@H]1C(=O)N(N)C(=O)[C@@H]1CC[C@@H]2CN1C(=O)N2OS(=O)(=O)O. The Kier molecular flexibility index (Phi) is 4.92. The number of hydrazine groups is 1. The highest BCUT2D eigenvalue weighted by molar-refractivity contribution is 7.80. The zero-order chi connectivity index (χ0) is 19.2. The molecule has 12 nitrogen and oxygen atoms in total. The van der Waals surface area contributed by atoms with Crippen molar-refractivity contribution < 1.29 is 31.6 Å². The highest BCUT2D eigenvalue weighted by Gasteiger charge is 2.50. The molecule has 2 heterocycles. The molecule has 4 atom stereocenters. The molecule has 4 amide bonds. The number of fused-ring (bicyclic) bond motifs is 2. The molecule has 3 aliphatic rings. The van der Waals surface area contributed by atoms with Gasteiger partial charge in [-0.3, -0.25) is 14.1 Å². The van der Waals surface area contributed by atoms with Gasteiger partial charge >= 0.3 is 16.4 Å². The number of piperidine rings is 1. The van der Waals surface area contributed by atoms with E-state index in [1.165, 1.54) is 0 Å². The first-order valence-corrected chi connectivity index (χ1v) is 9.61. The lowest BCUT2D eigenvalue weighted by atomic mass is 9.99. The Morgan fingerprint density at radius 2 is 1.88 bits per heavy atom. The van der Waals surface area contributed by atoms with Gasteiger partial charge in [-0.15, -0.1) is 4.28 Å². The predicted octanol–water partition coefficient (Wildman–Crippen LogP) is -1.65. The van der Waals surface area contributed by atoms with Crippen LogP contribution in [0.4, 0.5) is 4.79 Å². The zero-order valence-corrected chi connectivity index (χ0v) is 14.7. The Balaban J connectivity index is 1.71. The molecule has 0 aromatic carbocycles. The third-order valence-corrected chi connectivity index (χ3v) is 5.49. The Morgan fingerprint density at radius 3 is 2.46 bits per heavy atom. The van der Waals surface area contributed by atoms with Crippen molar-refractivity contribution in [3.63, 3.8) is 0 Å². The number of rotatable bonds is 4. The molecule has 2 saturated heterocycles. The first-order valence-electron chi connectivity index (χ1n) is 8.25. The fourth-order valence-corrected chi connectivity index (χ4v) is 4.22. The maximum absolute atomic E-state index is 12.6. The van der Waals surface area contributed by atoms with Crippen LogP contribution in [-0.2, 0) is 24.3 Å². The van der Waals surface area contributed by atoms with Crippen LogP contribution in [0.2, 0.25) is 0 Å². The number of carbonyl (C=O) groups excluding carboxylic acids is 3. The summed E-state index contributed by atoms with van der Waals surface area (Å²) in [5.74, 6) is 3.83. The monoisotopic (exact) mass is 391 g/mol. The molecular formula is C13H21N5O7S. The molecule has 0 radical (unpaired) electrons. The minimum atomic E-state index is -4.87. The van der Waals surface area contributed by atoms with E-state index in [-0.39, 0.29) is 25.4 Å². The lowest BCUT2D eigenvalue weighted by Crippen LogP contribution is -2.57. The number of hydrogen-bond acceptors (Lipinski definition) is 8. The molecule has 5 N–H and O–H groups in total. The third-order valence-electron chi connectivity index (χ3n) is 5.14. The molecule has 0 aromatic rings. The maximum Gasteiger partial charge on any atom is 0.418 e. The van der Waals surface area contributed by atoms with E-state index in [9.17, 15) is 22.8 Å². The molecule has 1 saturated carbocycles. The van der Waals surface area contributed by atoms with E-state index in [0.717, 1.165) is 11.3 Å². The van der Waals surface area contributed by atoms with E-state index in [1.54, 1.807) is 0 Å². The lowest BCUT2D eigenvalue weighted by Gasteiger charge is -2.32. The summed E-state index contributed by atoms with van der Waals surface area (Å²) < 4.78 is 34.8. The molecule has 26 heavy (non-hydrogen) atoms. The zero-order valence-electron chi connectivity index (χ0n) is 13.9. The number of amides is 4. The van der Waals surface area contributed by atoms with Crippen molar-refractivity contribution in [2.45, 2.75) is 50.2 Å².